The van der Waals surface area contributed by atoms with Crippen LogP contribution in [0.4, 0.5) is 0 Å². The number of rotatable bonds is 5. The quantitative estimate of drug-likeness (QED) is 0.527. The van der Waals surface area contributed by atoms with Gasteiger partial charge in [-0.2, -0.15) is 0 Å². The zero-order valence-electron chi connectivity index (χ0n) is 12.8. The zero-order valence-corrected chi connectivity index (χ0v) is 12.8. The van der Waals surface area contributed by atoms with E-state index < -0.39 is 0 Å². The molecule has 0 aromatic rings. The molecule has 1 aliphatic carbocycles. The van der Waals surface area contributed by atoms with Crippen LogP contribution in [0.3, 0.4) is 0 Å². The molecule has 100 valence electrons. The highest BCUT2D eigenvalue weighted by molar-refractivity contribution is 5.15. The summed E-state index contributed by atoms with van der Waals surface area (Å²) in [6.45, 7) is 14.4. The van der Waals surface area contributed by atoms with E-state index in [4.69, 9.17) is 0 Å². The van der Waals surface area contributed by atoms with Crippen molar-refractivity contribution in [2.45, 2.75) is 73.6 Å². The van der Waals surface area contributed by atoms with Crippen molar-refractivity contribution in [2.24, 2.45) is 23.2 Å². The number of hydrogen-bond donors (Lipinski definition) is 0. The molecule has 0 spiro atoms. The summed E-state index contributed by atoms with van der Waals surface area (Å²) in [4.78, 5) is 0. The summed E-state index contributed by atoms with van der Waals surface area (Å²) in [6.07, 6.45) is 9.31. The largest absolute Gasteiger partial charge is 0.0811 e. The lowest BCUT2D eigenvalue weighted by Crippen LogP contribution is -2.32. The summed E-state index contributed by atoms with van der Waals surface area (Å²) < 4.78 is 0. The Hall–Kier alpha value is -0.260. The second-order valence-corrected chi connectivity index (χ2v) is 6.68. The molecule has 17 heavy (non-hydrogen) atoms. The minimum atomic E-state index is 0.469. The van der Waals surface area contributed by atoms with Crippen LogP contribution in [0.25, 0.3) is 0 Å². The fraction of sp³-hybridized carbons (Fsp3) is 0.882. The zero-order chi connectivity index (χ0) is 13.1. The van der Waals surface area contributed by atoms with Gasteiger partial charge in [-0.3, -0.25) is 0 Å². The Morgan fingerprint density at radius 2 is 1.88 bits per heavy atom. The Bertz CT molecular complexity index is 259. The molecule has 3 atom stereocenters. The maximum absolute atomic E-state index is 2.66. The topological polar surface area (TPSA) is 0 Å². The monoisotopic (exact) mass is 236 g/mol. The van der Waals surface area contributed by atoms with Crippen LogP contribution in [0.1, 0.15) is 73.6 Å². The van der Waals surface area contributed by atoms with Crippen LogP contribution in [0.15, 0.2) is 11.6 Å². The second-order valence-electron chi connectivity index (χ2n) is 6.68. The molecule has 0 heterocycles. The van der Waals surface area contributed by atoms with Crippen molar-refractivity contribution in [3.8, 4) is 0 Å². The Morgan fingerprint density at radius 3 is 2.35 bits per heavy atom. The van der Waals surface area contributed by atoms with Crippen molar-refractivity contribution in [1.82, 2.24) is 0 Å². The van der Waals surface area contributed by atoms with Gasteiger partial charge in [0.1, 0.15) is 0 Å². The van der Waals surface area contributed by atoms with Crippen LogP contribution >= 0.6 is 0 Å². The SMILES string of the molecule is CCCC1=CC(C(C)(C)CC)C(C)CC1CC. The number of allylic oxidation sites excluding steroid dienone is 2. The smallest absolute Gasteiger partial charge is 0.0154 e. The molecule has 0 fully saturated rings. The fourth-order valence-electron chi connectivity index (χ4n) is 3.51. The molecule has 0 bridgehead atoms. The normalized spacial score (nSPS) is 30.2. The van der Waals surface area contributed by atoms with Gasteiger partial charge in [0.05, 0.1) is 0 Å². The van der Waals surface area contributed by atoms with Crippen LogP contribution in [0.5, 0.6) is 0 Å². The van der Waals surface area contributed by atoms with E-state index in [1.54, 1.807) is 5.57 Å². The summed E-state index contributed by atoms with van der Waals surface area (Å²) in [5, 5.41) is 0. The van der Waals surface area contributed by atoms with E-state index in [0.717, 1.165) is 17.8 Å². The third-order valence-electron chi connectivity index (χ3n) is 5.03. The first-order valence-electron chi connectivity index (χ1n) is 7.66. The van der Waals surface area contributed by atoms with Crippen molar-refractivity contribution >= 4 is 0 Å². The van der Waals surface area contributed by atoms with E-state index in [2.05, 4.69) is 47.6 Å². The molecule has 0 aromatic heterocycles. The first kappa shape index (κ1) is 14.8. The molecule has 0 radical (unpaired) electrons. The molecule has 0 saturated carbocycles. The lowest BCUT2D eigenvalue weighted by Gasteiger charge is -2.42. The maximum atomic E-state index is 2.66. The Kier molecular flexibility index (Phi) is 5.28. The summed E-state index contributed by atoms with van der Waals surface area (Å²) in [5.74, 6) is 2.52. The van der Waals surface area contributed by atoms with Crippen LogP contribution < -0.4 is 0 Å². The van der Waals surface area contributed by atoms with Gasteiger partial charge in [0.2, 0.25) is 0 Å². The van der Waals surface area contributed by atoms with Gasteiger partial charge < -0.3 is 0 Å². The van der Waals surface area contributed by atoms with Crippen molar-refractivity contribution in [3.05, 3.63) is 11.6 Å². The standard InChI is InChI=1S/C17H32/c1-7-10-15-12-16(17(5,6)9-3)13(4)11-14(15)8-2/h12-14,16H,7-11H2,1-6H3. The summed E-state index contributed by atoms with van der Waals surface area (Å²) in [6, 6.07) is 0. The van der Waals surface area contributed by atoms with Gasteiger partial charge >= 0.3 is 0 Å². The van der Waals surface area contributed by atoms with E-state index in [1.165, 1.54) is 32.1 Å². The molecule has 3 unspecified atom stereocenters. The van der Waals surface area contributed by atoms with Gasteiger partial charge in [-0.25, -0.2) is 0 Å². The predicted octanol–water partition coefficient (Wildman–Crippen LogP) is 5.83. The predicted molar refractivity (Wildman–Crippen MR) is 78.1 cm³/mol. The van der Waals surface area contributed by atoms with E-state index in [9.17, 15) is 0 Å². The summed E-state index contributed by atoms with van der Waals surface area (Å²) >= 11 is 0. The average Bonchev–Trinajstić information content (AvgIpc) is 2.31. The Labute approximate surface area is 109 Å². The van der Waals surface area contributed by atoms with Crippen molar-refractivity contribution in [2.75, 3.05) is 0 Å². The molecular weight excluding hydrogens is 204 g/mol. The molecule has 1 aliphatic rings. The van der Waals surface area contributed by atoms with Gasteiger partial charge in [0.25, 0.3) is 0 Å². The van der Waals surface area contributed by atoms with Crippen molar-refractivity contribution in [3.63, 3.8) is 0 Å². The summed E-state index contributed by atoms with van der Waals surface area (Å²) in [5.41, 5.74) is 2.23. The van der Waals surface area contributed by atoms with Gasteiger partial charge in [-0.05, 0) is 42.4 Å². The average molecular weight is 236 g/mol. The molecule has 0 heteroatoms. The van der Waals surface area contributed by atoms with E-state index in [1.807, 2.05) is 0 Å². The van der Waals surface area contributed by atoms with Crippen LogP contribution in [-0.2, 0) is 0 Å². The van der Waals surface area contributed by atoms with Gasteiger partial charge in [-0.1, -0.05) is 66.0 Å². The molecule has 1 rings (SSSR count). The lowest BCUT2D eigenvalue weighted by molar-refractivity contribution is 0.154. The third kappa shape index (κ3) is 3.36. The van der Waals surface area contributed by atoms with Crippen LogP contribution in [0, 0.1) is 23.2 Å². The minimum Gasteiger partial charge on any atom is -0.0811 e. The van der Waals surface area contributed by atoms with Crippen LogP contribution in [0.2, 0.25) is 0 Å². The Balaban J connectivity index is 2.95. The first-order valence-corrected chi connectivity index (χ1v) is 7.66. The van der Waals surface area contributed by atoms with E-state index >= 15 is 0 Å². The number of hydrogen-bond acceptors (Lipinski definition) is 0. The van der Waals surface area contributed by atoms with E-state index in [0.29, 0.717) is 5.41 Å². The second kappa shape index (κ2) is 6.07. The molecule has 0 amide bonds. The van der Waals surface area contributed by atoms with Gasteiger partial charge in [0, 0.05) is 0 Å². The fourth-order valence-corrected chi connectivity index (χ4v) is 3.51. The molecule has 0 nitrogen and oxygen atoms in total. The third-order valence-corrected chi connectivity index (χ3v) is 5.03. The minimum absolute atomic E-state index is 0.469. The molecule has 0 saturated heterocycles. The van der Waals surface area contributed by atoms with Crippen molar-refractivity contribution < 1.29 is 0 Å². The molecule has 0 aromatic carbocycles. The van der Waals surface area contributed by atoms with Gasteiger partial charge in [0.15, 0.2) is 0 Å². The lowest BCUT2D eigenvalue weighted by atomic mass is 9.63. The Morgan fingerprint density at radius 1 is 1.24 bits per heavy atom. The van der Waals surface area contributed by atoms with Crippen LogP contribution in [-0.4, -0.2) is 0 Å². The highest BCUT2D eigenvalue weighted by Gasteiger charge is 2.35. The highest BCUT2D eigenvalue weighted by Crippen LogP contribution is 2.45. The molecular formula is C17H32. The summed E-state index contributed by atoms with van der Waals surface area (Å²) in [7, 11) is 0. The molecule has 0 aliphatic heterocycles. The van der Waals surface area contributed by atoms with E-state index in [-0.39, 0.29) is 0 Å². The van der Waals surface area contributed by atoms with Crippen molar-refractivity contribution in [1.29, 1.82) is 0 Å². The highest BCUT2D eigenvalue weighted by atomic mass is 14.4. The van der Waals surface area contributed by atoms with Gasteiger partial charge in [-0.15, -0.1) is 0 Å². The first-order chi connectivity index (χ1) is 7.96. The molecule has 0 N–H and O–H groups in total. The maximum Gasteiger partial charge on any atom is -0.0154 e.